The molecule has 2 rings (SSSR count). The topological polar surface area (TPSA) is 87.7 Å². The predicted molar refractivity (Wildman–Crippen MR) is 78.8 cm³/mol. The Kier molecular flexibility index (Phi) is 5.16. The lowest BCUT2D eigenvalue weighted by Gasteiger charge is -2.22. The van der Waals surface area contributed by atoms with Crippen molar-refractivity contribution in [2.75, 3.05) is 25.5 Å². The number of benzene rings is 1. The minimum absolute atomic E-state index is 0.116. The lowest BCUT2D eigenvalue weighted by molar-refractivity contribution is -0.117. The minimum Gasteiger partial charge on any atom is -0.495 e. The van der Waals surface area contributed by atoms with Crippen LogP contribution in [0.3, 0.4) is 0 Å². The van der Waals surface area contributed by atoms with Crippen molar-refractivity contribution in [2.24, 2.45) is 5.92 Å². The first-order chi connectivity index (χ1) is 10.1. The number of piperidine rings is 1. The summed E-state index contributed by atoms with van der Waals surface area (Å²) in [6.45, 7) is 1.85. The standard InChI is InChI=1S/C15H20N2O4/c1-21-13-5-4-11(15(19)20)8-12(13)17-14(18)7-10-3-2-6-16-9-10/h4-5,8,10,16H,2-3,6-7,9H2,1H3,(H,17,18)(H,19,20). The molecule has 114 valence electrons. The number of carboxylic acid groups (broad SMARTS) is 1. The molecule has 3 N–H and O–H groups in total. The molecule has 6 heteroatoms. The molecule has 1 saturated heterocycles. The van der Waals surface area contributed by atoms with Crippen molar-refractivity contribution in [2.45, 2.75) is 19.3 Å². The first kappa shape index (κ1) is 15.3. The van der Waals surface area contributed by atoms with Gasteiger partial charge in [-0.1, -0.05) is 0 Å². The Hall–Kier alpha value is -2.08. The summed E-state index contributed by atoms with van der Waals surface area (Å²) in [5, 5.41) is 15.0. The van der Waals surface area contributed by atoms with Crippen LogP contribution in [-0.2, 0) is 4.79 Å². The summed E-state index contributed by atoms with van der Waals surface area (Å²) in [5.41, 5.74) is 0.511. The molecule has 1 aliphatic heterocycles. The summed E-state index contributed by atoms with van der Waals surface area (Å²) < 4.78 is 5.15. The van der Waals surface area contributed by atoms with E-state index >= 15 is 0 Å². The largest absolute Gasteiger partial charge is 0.495 e. The highest BCUT2D eigenvalue weighted by molar-refractivity contribution is 5.95. The summed E-state index contributed by atoms with van der Waals surface area (Å²) in [6.07, 6.45) is 2.54. The van der Waals surface area contributed by atoms with E-state index in [1.165, 1.54) is 19.2 Å². The minimum atomic E-state index is -1.04. The third-order valence-corrected chi connectivity index (χ3v) is 3.59. The van der Waals surface area contributed by atoms with E-state index < -0.39 is 5.97 Å². The maximum atomic E-state index is 12.1. The van der Waals surface area contributed by atoms with Gasteiger partial charge in [-0.3, -0.25) is 4.79 Å². The van der Waals surface area contributed by atoms with E-state index in [2.05, 4.69) is 10.6 Å². The second-order valence-electron chi connectivity index (χ2n) is 5.18. The molecular weight excluding hydrogens is 272 g/mol. The highest BCUT2D eigenvalue weighted by atomic mass is 16.5. The Morgan fingerprint density at radius 3 is 2.90 bits per heavy atom. The number of methoxy groups -OCH3 is 1. The second kappa shape index (κ2) is 7.08. The molecule has 0 radical (unpaired) electrons. The van der Waals surface area contributed by atoms with Gasteiger partial charge in [0.2, 0.25) is 5.91 Å². The van der Waals surface area contributed by atoms with Gasteiger partial charge in [0, 0.05) is 6.42 Å². The van der Waals surface area contributed by atoms with E-state index in [9.17, 15) is 9.59 Å². The van der Waals surface area contributed by atoms with E-state index in [-0.39, 0.29) is 11.5 Å². The quantitative estimate of drug-likeness (QED) is 0.769. The summed E-state index contributed by atoms with van der Waals surface area (Å²) in [4.78, 5) is 23.1. The SMILES string of the molecule is COc1ccc(C(=O)O)cc1NC(=O)CC1CCCNC1. The zero-order valence-electron chi connectivity index (χ0n) is 12.0. The van der Waals surface area contributed by atoms with E-state index in [1.54, 1.807) is 6.07 Å². The van der Waals surface area contributed by atoms with E-state index in [0.717, 1.165) is 25.9 Å². The molecule has 21 heavy (non-hydrogen) atoms. The first-order valence-electron chi connectivity index (χ1n) is 7.02. The smallest absolute Gasteiger partial charge is 0.335 e. The van der Waals surface area contributed by atoms with Gasteiger partial charge in [0.1, 0.15) is 5.75 Å². The molecule has 6 nitrogen and oxygen atoms in total. The van der Waals surface area contributed by atoms with Crippen LogP contribution in [0.2, 0.25) is 0 Å². The molecule has 1 aliphatic rings. The lowest BCUT2D eigenvalue weighted by Crippen LogP contribution is -2.32. The second-order valence-corrected chi connectivity index (χ2v) is 5.18. The van der Waals surface area contributed by atoms with E-state index in [1.807, 2.05) is 0 Å². The van der Waals surface area contributed by atoms with Gasteiger partial charge >= 0.3 is 5.97 Å². The first-order valence-corrected chi connectivity index (χ1v) is 7.02. The maximum absolute atomic E-state index is 12.1. The fourth-order valence-electron chi connectivity index (χ4n) is 2.50. The zero-order chi connectivity index (χ0) is 15.2. The van der Waals surface area contributed by atoms with Gasteiger partial charge in [-0.25, -0.2) is 4.79 Å². The number of nitrogens with one attached hydrogen (secondary N) is 2. The Morgan fingerprint density at radius 2 is 2.29 bits per heavy atom. The molecule has 0 saturated carbocycles. The van der Waals surface area contributed by atoms with Gasteiger partial charge < -0.3 is 20.5 Å². The van der Waals surface area contributed by atoms with Crippen molar-refractivity contribution >= 4 is 17.6 Å². The molecule has 1 aromatic carbocycles. The van der Waals surface area contributed by atoms with Gasteiger partial charge in [0.05, 0.1) is 18.4 Å². The monoisotopic (exact) mass is 292 g/mol. The van der Waals surface area contributed by atoms with Gasteiger partial charge in [0.15, 0.2) is 0 Å². The van der Waals surface area contributed by atoms with Gasteiger partial charge in [-0.05, 0) is 50.0 Å². The molecular formula is C15H20N2O4. The molecule has 0 aliphatic carbocycles. The Morgan fingerprint density at radius 1 is 1.48 bits per heavy atom. The average Bonchev–Trinajstić information content (AvgIpc) is 2.48. The summed E-state index contributed by atoms with van der Waals surface area (Å²) in [7, 11) is 1.48. The molecule has 1 aromatic rings. The summed E-state index contributed by atoms with van der Waals surface area (Å²) in [5.74, 6) is -0.378. The summed E-state index contributed by atoms with van der Waals surface area (Å²) >= 11 is 0. The third-order valence-electron chi connectivity index (χ3n) is 3.59. The van der Waals surface area contributed by atoms with Crippen molar-refractivity contribution in [3.05, 3.63) is 23.8 Å². The Labute approximate surface area is 123 Å². The lowest BCUT2D eigenvalue weighted by atomic mass is 9.96. The number of hydrogen-bond acceptors (Lipinski definition) is 4. The average molecular weight is 292 g/mol. The number of carboxylic acids is 1. The van der Waals surface area contributed by atoms with Crippen LogP contribution in [0.15, 0.2) is 18.2 Å². The van der Waals surface area contributed by atoms with Crippen LogP contribution in [-0.4, -0.2) is 37.2 Å². The number of amides is 1. The zero-order valence-corrected chi connectivity index (χ0v) is 12.0. The van der Waals surface area contributed by atoms with Crippen LogP contribution < -0.4 is 15.4 Å². The number of hydrogen-bond donors (Lipinski definition) is 3. The molecule has 0 spiro atoms. The van der Waals surface area contributed by atoms with Crippen LogP contribution in [0.4, 0.5) is 5.69 Å². The Balaban J connectivity index is 2.04. The fourth-order valence-corrected chi connectivity index (χ4v) is 2.50. The fraction of sp³-hybridized carbons (Fsp3) is 0.467. The third kappa shape index (κ3) is 4.19. The van der Waals surface area contributed by atoms with Crippen molar-refractivity contribution in [1.82, 2.24) is 5.32 Å². The number of ether oxygens (including phenoxy) is 1. The maximum Gasteiger partial charge on any atom is 0.335 e. The van der Waals surface area contributed by atoms with Crippen LogP contribution in [0.25, 0.3) is 0 Å². The van der Waals surface area contributed by atoms with Crippen LogP contribution in [0.1, 0.15) is 29.6 Å². The van der Waals surface area contributed by atoms with Crippen LogP contribution in [0, 0.1) is 5.92 Å². The molecule has 1 amide bonds. The normalized spacial score (nSPS) is 18.0. The molecule has 1 heterocycles. The highest BCUT2D eigenvalue weighted by Crippen LogP contribution is 2.26. The van der Waals surface area contributed by atoms with Crippen molar-refractivity contribution in [1.29, 1.82) is 0 Å². The highest BCUT2D eigenvalue weighted by Gasteiger charge is 2.18. The Bertz CT molecular complexity index is 524. The van der Waals surface area contributed by atoms with Crippen molar-refractivity contribution in [3.8, 4) is 5.75 Å². The summed E-state index contributed by atoms with van der Waals surface area (Å²) in [6, 6.07) is 4.40. The van der Waals surface area contributed by atoms with Gasteiger partial charge in [0.25, 0.3) is 0 Å². The number of anilines is 1. The number of rotatable bonds is 5. The number of carbonyl (C=O) groups excluding carboxylic acids is 1. The van der Waals surface area contributed by atoms with Crippen LogP contribution >= 0.6 is 0 Å². The predicted octanol–water partition coefficient (Wildman–Crippen LogP) is 1.72. The number of carbonyl (C=O) groups is 2. The molecule has 0 aromatic heterocycles. The number of aromatic carboxylic acids is 1. The molecule has 1 fully saturated rings. The van der Waals surface area contributed by atoms with Crippen molar-refractivity contribution < 1.29 is 19.4 Å². The van der Waals surface area contributed by atoms with E-state index in [0.29, 0.717) is 23.8 Å². The van der Waals surface area contributed by atoms with E-state index in [4.69, 9.17) is 9.84 Å². The van der Waals surface area contributed by atoms with Crippen LogP contribution in [0.5, 0.6) is 5.75 Å². The molecule has 1 unspecified atom stereocenters. The van der Waals surface area contributed by atoms with Gasteiger partial charge in [-0.15, -0.1) is 0 Å². The van der Waals surface area contributed by atoms with Gasteiger partial charge in [-0.2, -0.15) is 0 Å². The van der Waals surface area contributed by atoms with Crippen molar-refractivity contribution in [3.63, 3.8) is 0 Å². The molecule has 0 bridgehead atoms. The molecule has 1 atom stereocenters.